The molecule has 3 aromatic carbocycles. The van der Waals surface area contributed by atoms with Crippen LogP contribution in [-0.4, -0.2) is 39.7 Å². The number of phenols is 1. The number of hydrogen-bond donors (Lipinski definition) is 1. The Bertz CT molecular complexity index is 1760. The highest BCUT2D eigenvalue weighted by molar-refractivity contribution is 5.84. The van der Waals surface area contributed by atoms with Crippen molar-refractivity contribution in [2.45, 2.75) is 61.9 Å². The fourth-order valence-corrected chi connectivity index (χ4v) is 8.64. The van der Waals surface area contributed by atoms with Gasteiger partial charge in [-0.2, -0.15) is 0 Å². The van der Waals surface area contributed by atoms with Gasteiger partial charge in [0.15, 0.2) is 17.6 Å². The summed E-state index contributed by atoms with van der Waals surface area (Å²) < 4.78 is 20.7. The van der Waals surface area contributed by atoms with Gasteiger partial charge in [0.2, 0.25) is 0 Å². The van der Waals surface area contributed by atoms with Gasteiger partial charge in [0.05, 0.1) is 16.9 Å². The second-order valence-electron chi connectivity index (χ2n) is 12.5. The van der Waals surface area contributed by atoms with E-state index in [2.05, 4.69) is 17.0 Å². The number of likely N-dealkylation sites (tertiary alicyclic amines) is 1. The van der Waals surface area contributed by atoms with Crippen LogP contribution in [0.3, 0.4) is 0 Å². The van der Waals surface area contributed by atoms with Crippen molar-refractivity contribution in [3.63, 3.8) is 0 Å². The molecule has 2 aliphatic heterocycles. The molecule has 1 N–H and O–H groups in total. The molecule has 1 saturated heterocycles. The molecule has 0 unspecified atom stereocenters. The third-order valence-corrected chi connectivity index (χ3v) is 10.5. The SMILES string of the molecule is O=[N+]([O-])c1cccc(CO[C@@]23Cc4c(oc5ccccc45)[C@@H]4Oc5c(O)ccc6c5[C@@]42CCN(CC2CC2)[C@H]3C6)c1. The molecule has 0 amide bonds. The number of phenolic OH excluding ortho intramolecular Hbond substituents is 1. The van der Waals surface area contributed by atoms with Gasteiger partial charge >= 0.3 is 0 Å². The maximum Gasteiger partial charge on any atom is 0.269 e. The summed E-state index contributed by atoms with van der Waals surface area (Å²) >= 11 is 0. The standard InChI is InChI=1S/C33H30N2O6/c36-25-11-10-21-15-27-33(39-18-20-4-3-5-22(14-20)35(37)38)16-24-23-6-1-2-7-26(23)40-29(24)31-32(33,28(21)30(25)41-31)12-13-34(27)17-19-8-9-19/h1-7,10-11,14,19,27,31,36H,8-9,12-13,15-18H2/t27-,31-,32-,33+/m0/s1. The number of para-hydroxylation sites is 1. The van der Waals surface area contributed by atoms with Gasteiger partial charge in [0, 0.05) is 47.7 Å². The van der Waals surface area contributed by atoms with E-state index in [9.17, 15) is 15.2 Å². The molecule has 4 aromatic rings. The lowest BCUT2D eigenvalue weighted by Crippen LogP contribution is -2.75. The largest absolute Gasteiger partial charge is 0.504 e. The number of benzene rings is 3. The molecule has 2 fully saturated rings. The van der Waals surface area contributed by atoms with Crippen molar-refractivity contribution >= 4 is 16.7 Å². The van der Waals surface area contributed by atoms with Crippen molar-refractivity contribution in [2.24, 2.45) is 5.92 Å². The Morgan fingerprint density at radius 1 is 1.12 bits per heavy atom. The van der Waals surface area contributed by atoms with E-state index >= 15 is 0 Å². The van der Waals surface area contributed by atoms with Crippen LogP contribution < -0.4 is 4.74 Å². The number of hydrogen-bond acceptors (Lipinski definition) is 7. The molecule has 208 valence electrons. The summed E-state index contributed by atoms with van der Waals surface area (Å²) in [6.45, 7) is 2.22. The van der Waals surface area contributed by atoms with Crippen molar-refractivity contribution < 1.29 is 23.9 Å². The molecule has 41 heavy (non-hydrogen) atoms. The number of aromatic hydroxyl groups is 1. The number of ether oxygens (including phenoxy) is 2. The molecule has 8 nitrogen and oxygen atoms in total. The summed E-state index contributed by atoms with van der Waals surface area (Å²) in [6, 6.07) is 18.8. The molecule has 0 radical (unpaired) electrons. The van der Waals surface area contributed by atoms with Crippen LogP contribution in [0.4, 0.5) is 5.69 Å². The third-order valence-electron chi connectivity index (χ3n) is 10.5. The van der Waals surface area contributed by atoms with Gasteiger partial charge in [-0.3, -0.25) is 15.0 Å². The molecular formula is C33H30N2O6. The molecule has 5 aliphatic rings. The van der Waals surface area contributed by atoms with Crippen LogP contribution in [0.5, 0.6) is 11.5 Å². The molecule has 2 bridgehead atoms. The van der Waals surface area contributed by atoms with Crippen molar-refractivity contribution in [2.75, 3.05) is 13.1 Å². The second-order valence-corrected chi connectivity index (χ2v) is 12.5. The number of nitrogens with zero attached hydrogens (tertiary/aromatic N) is 2. The zero-order valence-electron chi connectivity index (χ0n) is 22.5. The molecular weight excluding hydrogens is 520 g/mol. The van der Waals surface area contributed by atoms with Crippen LogP contribution in [0.25, 0.3) is 11.0 Å². The number of rotatable bonds is 6. The van der Waals surface area contributed by atoms with Gasteiger partial charge in [0.1, 0.15) is 16.9 Å². The van der Waals surface area contributed by atoms with Crippen LogP contribution in [0.2, 0.25) is 0 Å². The van der Waals surface area contributed by atoms with E-state index in [0.717, 1.165) is 65.3 Å². The summed E-state index contributed by atoms with van der Waals surface area (Å²) in [6.07, 6.45) is 4.37. The highest BCUT2D eigenvalue weighted by Gasteiger charge is 2.74. The smallest absolute Gasteiger partial charge is 0.269 e. The minimum absolute atomic E-state index is 0.0624. The summed E-state index contributed by atoms with van der Waals surface area (Å²) in [4.78, 5) is 13.8. The zero-order chi connectivity index (χ0) is 27.5. The average molecular weight is 551 g/mol. The number of nitro benzene ring substituents is 1. The predicted octanol–water partition coefficient (Wildman–Crippen LogP) is 5.97. The van der Waals surface area contributed by atoms with Gasteiger partial charge < -0.3 is 19.0 Å². The molecule has 1 spiro atoms. The van der Waals surface area contributed by atoms with Crippen LogP contribution in [0, 0.1) is 16.0 Å². The number of furan rings is 1. The number of piperidine rings is 1. The van der Waals surface area contributed by atoms with E-state index in [0.29, 0.717) is 12.2 Å². The van der Waals surface area contributed by atoms with Crippen molar-refractivity contribution in [3.8, 4) is 11.5 Å². The van der Waals surface area contributed by atoms with E-state index in [-0.39, 0.29) is 29.0 Å². The normalized spacial score (nSPS) is 29.2. The Kier molecular flexibility index (Phi) is 4.71. The van der Waals surface area contributed by atoms with Crippen molar-refractivity contribution in [1.82, 2.24) is 4.90 Å². The maximum atomic E-state index is 11.6. The highest BCUT2D eigenvalue weighted by Crippen LogP contribution is 2.70. The first-order valence-corrected chi connectivity index (χ1v) is 14.6. The lowest BCUT2D eigenvalue weighted by atomic mass is 9.49. The lowest BCUT2D eigenvalue weighted by molar-refractivity contribution is -0.385. The summed E-state index contributed by atoms with van der Waals surface area (Å²) in [5.41, 5.74) is 3.81. The highest BCUT2D eigenvalue weighted by atomic mass is 16.6. The van der Waals surface area contributed by atoms with E-state index in [4.69, 9.17) is 13.9 Å². The van der Waals surface area contributed by atoms with E-state index in [1.807, 2.05) is 24.3 Å². The molecule has 1 aromatic heterocycles. The molecule has 3 heterocycles. The Balaban J connectivity index is 1.28. The fourth-order valence-electron chi connectivity index (χ4n) is 8.64. The summed E-state index contributed by atoms with van der Waals surface area (Å²) in [5, 5.41) is 23.7. The molecule has 4 atom stereocenters. The van der Waals surface area contributed by atoms with Crippen LogP contribution >= 0.6 is 0 Å². The molecule has 9 rings (SSSR count). The predicted molar refractivity (Wildman–Crippen MR) is 150 cm³/mol. The number of nitro groups is 1. The van der Waals surface area contributed by atoms with Crippen molar-refractivity contribution in [3.05, 3.63) is 98.8 Å². The van der Waals surface area contributed by atoms with Crippen LogP contribution in [0.1, 0.15) is 53.4 Å². The zero-order valence-corrected chi connectivity index (χ0v) is 22.5. The van der Waals surface area contributed by atoms with Crippen LogP contribution in [-0.2, 0) is 29.6 Å². The molecule has 8 heteroatoms. The minimum Gasteiger partial charge on any atom is -0.504 e. The lowest BCUT2D eigenvalue weighted by Gasteiger charge is -2.64. The van der Waals surface area contributed by atoms with E-state index in [1.165, 1.54) is 24.5 Å². The Hall–Kier alpha value is -3.88. The second kappa shape index (κ2) is 8.11. The Morgan fingerprint density at radius 2 is 2.00 bits per heavy atom. The fraction of sp³-hybridized carbons (Fsp3) is 0.394. The Labute approximate surface area is 236 Å². The first-order valence-electron chi connectivity index (χ1n) is 14.6. The van der Waals surface area contributed by atoms with Gasteiger partial charge in [0.25, 0.3) is 5.69 Å². The van der Waals surface area contributed by atoms with E-state index in [1.54, 1.807) is 18.2 Å². The topological polar surface area (TPSA) is 98.2 Å². The maximum absolute atomic E-state index is 11.6. The first-order chi connectivity index (χ1) is 20.0. The Morgan fingerprint density at radius 3 is 2.85 bits per heavy atom. The van der Waals surface area contributed by atoms with Crippen LogP contribution in [0.15, 0.2) is 65.1 Å². The summed E-state index contributed by atoms with van der Waals surface area (Å²) in [5.74, 6) is 2.26. The molecule has 3 aliphatic carbocycles. The monoisotopic (exact) mass is 550 g/mol. The average Bonchev–Trinajstić information content (AvgIpc) is 3.62. The van der Waals surface area contributed by atoms with Crippen molar-refractivity contribution in [1.29, 1.82) is 0 Å². The third kappa shape index (κ3) is 3.07. The van der Waals surface area contributed by atoms with Gasteiger partial charge in [-0.05, 0) is 61.4 Å². The number of non-ortho nitro benzene ring substituents is 1. The summed E-state index contributed by atoms with van der Waals surface area (Å²) in [7, 11) is 0. The van der Waals surface area contributed by atoms with Gasteiger partial charge in [-0.25, -0.2) is 0 Å². The van der Waals surface area contributed by atoms with Gasteiger partial charge in [-0.1, -0.05) is 36.4 Å². The quantitative estimate of drug-likeness (QED) is 0.233. The van der Waals surface area contributed by atoms with E-state index < -0.39 is 17.1 Å². The number of fused-ring (bicyclic) bond motifs is 4. The molecule has 1 saturated carbocycles. The minimum atomic E-state index is -0.679. The first kappa shape index (κ1) is 23.8. The van der Waals surface area contributed by atoms with Gasteiger partial charge in [-0.15, -0.1) is 0 Å².